The van der Waals surface area contributed by atoms with Crippen LogP contribution in [0.3, 0.4) is 0 Å². The third kappa shape index (κ3) is 4.59. The summed E-state index contributed by atoms with van der Waals surface area (Å²) < 4.78 is 11.3. The SMILES string of the molecule is CCOC(=O)COc1ccc(Br)cc1C=C(C#N)c1nc2ccc(C)cc2[nH]1. The fourth-order valence-electron chi connectivity index (χ4n) is 2.66. The number of esters is 1. The average Bonchev–Trinajstić information content (AvgIpc) is 3.08. The van der Waals surface area contributed by atoms with Crippen molar-refractivity contribution in [2.24, 2.45) is 0 Å². The quantitative estimate of drug-likeness (QED) is 0.446. The van der Waals surface area contributed by atoms with Crippen LogP contribution in [0.1, 0.15) is 23.9 Å². The normalized spacial score (nSPS) is 11.3. The van der Waals surface area contributed by atoms with Crippen molar-refractivity contribution in [2.75, 3.05) is 13.2 Å². The predicted molar refractivity (Wildman–Crippen MR) is 111 cm³/mol. The highest BCUT2D eigenvalue weighted by atomic mass is 79.9. The maximum Gasteiger partial charge on any atom is 0.344 e. The van der Waals surface area contributed by atoms with Crippen molar-refractivity contribution in [3.05, 3.63) is 57.8 Å². The first kappa shape index (κ1) is 19.6. The lowest BCUT2D eigenvalue weighted by Crippen LogP contribution is -2.14. The molecule has 7 heteroatoms. The van der Waals surface area contributed by atoms with E-state index in [1.165, 1.54) is 0 Å². The number of H-pyrrole nitrogens is 1. The highest BCUT2D eigenvalue weighted by Gasteiger charge is 2.12. The second-order valence-electron chi connectivity index (χ2n) is 6.05. The van der Waals surface area contributed by atoms with E-state index in [-0.39, 0.29) is 6.61 Å². The number of nitrogens with one attached hydrogen (secondary N) is 1. The Morgan fingerprint density at radius 1 is 1.32 bits per heavy atom. The smallest absolute Gasteiger partial charge is 0.344 e. The van der Waals surface area contributed by atoms with Gasteiger partial charge in [-0.2, -0.15) is 5.26 Å². The first-order valence-electron chi connectivity index (χ1n) is 8.66. The molecule has 0 unspecified atom stereocenters. The van der Waals surface area contributed by atoms with E-state index in [1.807, 2.05) is 31.2 Å². The average molecular weight is 440 g/mol. The summed E-state index contributed by atoms with van der Waals surface area (Å²) in [6, 6.07) is 13.4. The van der Waals surface area contributed by atoms with E-state index < -0.39 is 5.97 Å². The largest absolute Gasteiger partial charge is 0.481 e. The Morgan fingerprint density at radius 2 is 2.14 bits per heavy atom. The summed E-state index contributed by atoms with van der Waals surface area (Å²) in [4.78, 5) is 19.3. The highest BCUT2D eigenvalue weighted by Crippen LogP contribution is 2.28. The van der Waals surface area contributed by atoms with Crippen LogP contribution >= 0.6 is 15.9 Å². The second kappa shape index (κ2) is 8.72. The predicted octanol–water partition coefficient (Wildman–Crippen LogP) is 4.64. The first-order chi connectivity index (χ1) is 13.5. The minimum absolute atomic E-state index is 0.206. The monoisotopic (exact) mass is 439 g/mol. The van der Waals surface area contributed by atoms with Gasteiger partial charge in [0.15, 0.2) is 6.61 Å². The first-order valence-corrected chi connectivity index (χ1v) is 9.46. The zero-order chi connectivity index (χ0) is 20.1. The van der Waals surface area contributed by atoms with Crippen molar-refractivity contribution in [2.45, 2.75) is 13.8 Å². The number of hydrogen-bond donors (Lipinski definition) is 1. The molecule has 142 valence electrons. The molecule has 0 aliphatic rings. The Labute approximate surface area is 170 Å². The molecule has 0 saturated carbocycles. The van der Waals surface area contributed by atoms with Crippen LogP contribution in [0.25, 0.3) is 22.7 Å². The number of halogens is 1. The van der Waals surface area contributed by atoms with Gasteiger partial charge in [0.2, 0.25) is 0 Å². The maximum absolute atomic E-state index is 11.6. The van der Waals surface area contributed by atoms with E-state index in [4.69, 9.17) is 9.47 Å². The number of aromatic amines is 1. The summed E-state index contributed by atoms with van der Waals surface area (Å²) in [6.07, 6.45) is 1.68. The number of carbonyl (C=O) groups excluding carboxylic acids is 1. The summed E-state index contributed by atoms with van der Waals surface area (Å²) in [5.41, 5.74) is 3.76. The Kier molecular flexibility index (Phi) is 6.12. The van der Waals surface area contributed by atoms with Crippen LogP contribution in [0, 0.1) is 18.3 Å². The number of allylic oxidation sites excluding steroid dienone is 1. The van der Waals surface area contributed by atoms with Gasteiger partial charge in [-0.25, -0.2) is 9.78 Å². The molecule has 28 heavy (non-hydrogen) atoms. The fourth-order valence-corrected chi connectivity index (χ4v) is 3.04. The molecule has 1 heterocycles. The van der Waals surface area contributed by atoms with E-state index in [0.717, 1.165) is 21.1 Å². The number of nitriles is 1. The van der Waals surface area contributed by atoms with Crippen LogP contribution in [-0.4, -0.2) is 29.2 Å². The molecule has 0 spiro atoms. The molecule has 6 nitrogen and oxygen atoms in total. The number of aryl methyl sites for hydroxylation is 1. The minimum atomic E-state index is -0.450. The number of nitrogens with zero attached hydrogens (tertiary/aromatic N) is 2. The summed E-state index contributed by atoms with van der Waals surface area (Å²) >= 11 is 3.42. The van der Waals surface area contributed by atoms with Gasteiger partial charge in [0, 0.05) is 10.0 Å². The Morgan fingerprint density at radius 3 is 2.89 bits per heavy atom. The standard InChI is InChI=1S/C21H18BrN3O3/c1-3-27-20(26)12-28-19-7-5-16(22)10-14(19)9-15(11-23)21-24-17-6-4-13(2)8-18(17)25-21/h4-10H,3,12H2,1-2H3,(H,24,25). The molecule has 0 radical (unpaired) electrons. The summed E-state index contributed by atoms with van der Waals surface area (Å²) in [5.74, 6) is 0.490. The van der Waals surface area contributed by atoms with Gasteiger partial charge in [-0.3, -0.25) is 0 Å². The molecule has 1 N–H and O–H groups in total. The molecule has 0 amide bonds. The third-order valence-corrected chi connectivity index (χ3v) is 4.43. The zero-order valence-electron chi connectivity index (χ0n) is 15.5. The van der Waals surface area contributed by atoms with Crippen LogP contribution in [0.4, 0.5) is 0 Å². The molecule has 1 aromatic heterocycles. The number of imidazole rings is 1. The lowest BCUT2D eigenvalue weighted by molar-refractivity contribution is -0.145. The number of benzene rings is 2. The summed E-state index contributed by atoms with van der Waals surface area (Å²) in [6.45, 7) is 3.82. The molecule has 2 aromatic carbocycles. The molecule has 0 aliphatic heterocycles. The van der Waals surface area contributed by atoms with Gasteiger partial charge < -0.3 is 14.5 Å². The van der Waals surface area contributed by atoms with Crippen molar-refractivity contribution >= 4 is 44.6 Å². The molecular formula is C21H18BrN3O3. The number of ether oxygens (including phenoxy) is 2. The molecule has 3 aromatic rings. The second-order valence-corrected chi connectivity index (χ2v) is 6.97. The Bertz CT molecular complexity index is 1100. The van der Waals surface area contributed by atoms with E-state index in [1.54, 1.807) is 25.1 Å². The number of hydrogen-bond acceptors (Lipinski definition) is 5. The van der Waals surface area contributed by atoms with Gasteiger partial charge in [-0.15, -0.1) is 0 Å². The topological polar surface area (TPSA) is 88.0 Å². The minimum Gasteiger partial charge on any atom is -0.481 e. The van der Waals surface area contributed by atoms with Crippen LogP contribution in [0.5, 0.6) is 5.75 Å². The third-order valence-electron chi connectivity index (χ3n) is 3.94. The van der Waals surface area contributed by atoms with Crippen LogP contribution in [0.2, 0.25) is 0 Å². The van der Waals surface area contributed by atoms with Crippen molar-refractivity contribution in [1.29, 1.82) is 5.26 Å². The molecule has 0 aliphatic carbocycles. The number of carbonyl (C=O) groups is 1. The van der Waals surface area contributed by atoms with Gasteiger partial charge >= 0.3 is 5.97 Å². The molecule has 3 rings (SSSR count). The molecular weight excluding hydrogens is 422 g/mol. The lowest BCUT2D eigenvalue weighted by Gasteiger charge is -2.09. The molecule has 0 fully saturated rings. The van der Waals surface area contributed by atoms with Crippen LogP contribution in [-0.2, 0) is 9.53 Å². The van der Waals surface area contributed by atoms with E-state index >= 15 is 0 Å². The van der Waals surface area contributed by atoms with Gasteiger partial charge in [-0.05, 0) is 55.8 Å². The Balaban J connectivity index is 1.95. The van der Waals surface area contributed by atoms with Gasteiger partial charge in [0.25, 0.3) is 0 Å². The lowest BCUT2D eigenvalue weighted by atomic mass is 10.1. The Hall–Kier alpha value is -3.11. The maximum atomic E-state index is 11.6. The van der Waals surface area contributed by atoms with Crippen LogP contribution < -0.4 is 4.74 Å². The van der Waals surface area contributed by atoms with Gasteiger partial charge in [0.05, 0.1) is 23.2 Å². The molecule has 0 bridgehead atoms. The summed E-state index contributed by atoms with van der Waals surface area (Å²) in [7, 11) is 0. The van der Waals surface area contributed by atoms with Crippen LogP contribution in [0.15, 0.2) is 40.9 Å². The summed E-state index contributed by atoms with van der Waals surface area (Å²) in [5, 5.41) is 9.66. The van der Waals surface area contributed by atoms with Crippen molar-refractivity contribution in [3.63, 3.8) is 0 Å². The van der Waals surface area contributed by atoms with Crippen molar-refractivity contribution in [3.8, 4) is 11.8 Å². The number of fused-ring (bicyclic) bond motifs is 1. The fraction of sp³-hybridized carbons (Fsp3) is 0.190. The van der Waals surface area contributed by atoms with E-state index in [2.05, 4.69) is 32.0 Å². The van der Waals surface area contributed by atoms with Crippen molar-refractivity contribution < 1.29 is 14.3 Å². The van der Waals surface area contributed by atoms with Crippen molar-refractivity contribution in [1.82, 2.24) is 9.97 Å². The highest BCUT2D eigenvalue weighted by molar-refractivity contribution is 9.10. The van der Waals surface area contributed by atoms with E-state index in [9.17, 15) is 10.1 Å². The molecule has 0 atom stereocenters. The number of aromatic nitrogens is 2. The van der Waals surface area contributed by atoms with Gasteiger partial charge in [-0.1, -0.05) is 22.0 Å². The van der Waals surface area contributed by atoms with Gasteiger partial charge in [0.1, 0.15) is 17.6 Å². The zero-order valence-corrected chi connectivity index (χ0v) is 17.0. The van der Waals surface area contributed by atoms with E-state index in [0.29, 0.717) is 29.3 Å². The number of rotatable bonds is 6. The molecule has 0 saturated heterocycles.